The summed E-state index contributed by atoms with van der Waals surface area (Å²) in [5.41, 5.74) is 0. The molecule has 0 radical (unpaired) electrons. The van der Waals surface area contributed by atoms with Crippen molar-refractivity contribution in [2.75, 3.05) is 13.6 Å². The summed E-state index contributed by atoms with van der Waals surface area (Å²) in [4.78, 5) is 3.32. The fourth-order valence-electron chi connectivity index (χ4n) is 1.17. The Hall–Kier alpha value is -0.720. The van der Waals surface area contributed by atoms with E-state index in [4.69, 9.17) is 11.6 Å². The number of hydrogen-bond donors (Lipinski definition) is 0. The zero-order valence-corrected chi connectivity index (χ0v) is 10.5. The van der Waals surface area contributed by atoms with Gasteiger partial charge in [-0.2, -0.15) is 4.31 Å². The first kappa shape index (κ1) is 13.3. The van der Waals surface area contributed by atoms with Crippen molar-refractivity contribution in [3.8, 4) is 0 Å². The highest BCUT2D eigenvalue weighted by Crippen LogP contribution is 2.14. The van der Waals surface area contributed by atoms with Crippen molar-refractivity contribution in [3.05, 3.63) is 24.3 Å². The molecular weight excluding hydrogens is 255 g/mol. The predicted molar refractivity (Wildman–Crippen MR) is 59.3 cm³/mol. The minimum Gasteiger partial charge on any atom is -0.260 e. The van der Waals surface area contributed by atoms with Crippen molar-refractivity contribution in [3.63, 3.8) is 0 Å². The molecule has 0 aliphatic heterocycles. The molecule has 0 N–H and O–H groups in total. The molecule has 0 fully saturated rings. The summed E-state index contributed by atoms with van der Waals surface area (Å²) in [6, 6.07) is 0.928. The number of hydrogen-bond acceptors (Lipinski definition) is 3. The Morgan fingerprint density at radius 1 is 1.56 bits per heavy atom. The Morgan fingerprint density at radius 2 is 2.19 bits per heavy atom. The number of alkyl halides is 1. The molecule has 1 rings (SSSR count). The van der Waals surface area contributed by atoms with Crippen LogP contribution < -0.4 is 0 Å². The van der Waals surface area contributed by atoms with Crippen LogP contribution in [0.3, 0.4) is 0 Å². The van der Waals surface area contributed by atoms with Gasteiger partial charge in [0.05, 0.1) is 6.20 Å². The van der Waals surface area contributed by atoms with Crippen molar-refractivity contribution >= 4 is 21.6 Å². The van der Waals surface area contributed by atoms with E-state index in [9.17, 15) is 12.8 Å². The van der Waals surface area contributed by atoms with Gasteiger partial charge in [-0.05, 0) is 13.0 Å². The maximum absolute atomic E-state index is 12.9. The average molecular weight is 267 g/mol. The first-order valence-electron chi connectivity index (χ1n) is 4.55. The van der Waals surface area contributed by atoms with Crippen molar-refractivity contribution in [2.45, 2.75) is 17.2 Å². The quantitative estimate of drug-likeness (QED) is 0.776. The number of halogens is 2. The zero-order valence-electron chi connectivity index (χ0n) is 8.89. The third kappa shape index (κ3) is 3.13. The van der Waals surface area contributed by atoms with Gasteiger partial charge in [-0.3, -0.25) is 4.98 Å². The molecular formula is C9H12ClFN2O2S. The summed E-state index contributed by atoms with van der Waals surface area (Å²) in [5.74, 6) is -0.687. The van der Waals surface area contributed by atoms with Crippen LogP contribution in [-0.2, 0) is 10.0 Å². The SMILES string of the molecule is CC(Cl)CN(C)S(=O)(=O)c1cncc(F)c1. The number of nitrogens with zero attached hydrogens (tertiary/aromatic N) is 2. The monoisotopic (exact) mass is 266 g/mol. The number of pyridine rings is 1. The van der Waals surface area contributed by atoms with Crippen LogP contribution in [0.25, 0.3) is 0 Å². The van der Waals surface area contributed by atoms with E-state index in [0.717, 1.165) is 22.8 Å². The van der Waals surface area contributed by atoms with E-state index in [0.29, 0.717) is 0 Å². The maximum Gasteiger partial charge on any atom is 0.244 e. The summed E-state index contributed by atoms with van der Waals surface area (Å²) >= 11 is 5.70. The molecule has 90 valence electrons. The van der Waals surface area contributed by atoms with Gasteiger partial charge in [0.15, 0.2) is 0 Å². The van der Waals surface area contributed by atoms with E-state index in [1.54, 1.807) is 6.92 Å². The summed E-state index contributed by atoms with van der Waals surface area (Å²) in [6.07, 6.45) is 2.05. The Labute approximate surface area is 99.1 Å². The van der Waals surface area contributed by atoms with Crippen LogP contribution in [0.2, 0.25) is 0 Å². The molecule has 0 bridgehead atoms. The van der Waals surface area contributed by atoms with Crippen LogP contribution >= 0.6 is 11.6 Å². The fraction of sp³-hybridized carbons (Fsp3) is 0.444. The highest BCUT2D eigenvalue weighted by molar-refractivity contribution is 7.89. The van der Waals surface area contributed by atoms with Gasteiger partial charge in [0, 0.05) is 25.2 Å². The minimum absolute atomic E-state index is 0.153. The molecule has 0 saturated carbocycles. The van der Waals surface area contributed by atoms with Gasteiger partial charge in [0.2, 0.25) is 10.0 Å². The van der Waals surface area contributed by atoms with Gasteiger partial charge in [-0.15, -0.1) is 11.6 Å². The molecule has 0 spiro atoms. The predicted octanol–water partition coefficient (Wildman–Crippen LogP) is 1.47. The largest absolute Gasteiger partial charge is 0.260 e. The molecule has 1 aromatic heterocycles. The molecule has 0 aliphatic carbocycles. The Kier molecular flexibility index (Phi) is 4.23. The molecule has 4 nitrogen and oxygen atoms in total. The molecule has 1 heterocycles. The van der Waals surface area contributed by atoms with E-state index < -0.39 is 15.8 Å². The van der Waals surface area contributed by atoms with E-state index in [-0.39, 0.29) is 16.8 Å². The lowest BCUT2D eigenvalue weighted by Gasteiger charge is -2.17. The zero-order chi connectivity index (χ0) is 12.3. The van der Waals surface area contributed by atoms with Gasteiger partial charge in [-0.1, -0.05) is 0 Å². The summed E-state index contributed by atoms with van der Waals surface area (Å²) in [5, 5.41) is -0.318. The summed E-state index contributed by atoms with van der Waals surface area (Å²) in [6.45, 7) is 1.83. The number of aromatic nitrogens is 1. The molecule has 7 heteroatoms. The highest BCUT2D eigenvalue weighted by atomic mass is 35.5. The van der Waals surface area contributed by atoms with Crippen molar-refractivity contribution < 1.29 is 12.8 Å². The molecule has 1 aromatic rings. The topological polar surface area (TPSA) is 50.3 Å². The summed E-state index contributed by atoms with van der Waals surface area (Å²) < 4.78 is 37.7. The number of sulfonamides is 1. The third-order valence-corrected chi connectivity index (χ3v) is 3.82. The maximum atomic E-state index is 12.9. The minimum atomic E-state index is -3.71. The van der Waals surface area contributed by atoms with Crippen LogP contribution in [0.4, 0.5) is 4.39 Å². The lowest BCUT2D eigenvalue weighted by Crippen LogP contribution is -2.31. The fourth-order valence-corrected chi connectivity index (χ4v) is 2.69. The van der Waals surface area contributed by atoms with Crippen LogP contribution in [0, 0.1) is 5.82 Å². The smallest absolute Gasteiger partial charge is 0.244 e. The van der Waals surface area contributed by atoms with Crippen LogP contribution in [-0.4, -0.2) is 36.7 Å². The molecule has 0 amide bonds. The van der Waals surface area contributed by atoms with E-state index in [1.165, 1.54) is 7.05 Å². The lowest BCUT2D eigenvalue weighted by atomic mass is 10.5. The Morgan fingerprint density at radius 3 is 2.69 bits per heavy atom. The van der Waals surface area contributed by atoms with Crippen molar-refractivity contribution in [1.82, 2.24) is 9.29 Å². The highest BCUT2D eigenvalue weighted by Gasteiger charge is 2.22. The molecule has 16 heavy (non-hydrogen) atoms. The molecule has 0 saturated heterocycles. The van der Waals surface area contributed by atoms with Gasteiger partial charge in [0.25, 0.3) is 0 Å². The molecule has 0 aromatic carbocycles. The first-order valence-corrected chi connectivity index (χ1v) is 6.42. The van der Waals surface area contributed by atoms with Crippen LogP contribution in [0.15, 0.2) is 23.4 Å². The lowest BCUT2D eigenvalue weighted by molar-refractivity contribution is 0.469. The van der Waals surface area contributed by atoms with Gasteiger partial charge in [-0.25, -0.2) is 12.8 Å². The Balaban J connectivity index is 3.02. The van der Waals surface area contributed by atoms with Crippen LogP contribution in [0.1, 0.15) is 6.92 Å². The molecule has 1 unspecified atom stereocenters. The van der Waals surface area contributed by atoms with Gasteiger partial charge >= 0.3 is 0 Å². The van der Waals surface area contributed by atoms with E-state index in [1.807, 2.05) is 0 Å². The standard InChI is InChI=1S/C9H12ClFN2O2S/c1-7(10)6-13(2)16(14,15)9-3-8(11)4-12-5-9/h3-5,7H,6H2,1-2H3. The normalized spacial score (nSPS) is 14.1. The second-order valence-electron chi connectivity index (χ2n) is 3.41. The van der Waals surface area contributed by atoms with Crippen LogP contribution in [0.5, 0.6) is 0 Å². The van der Waals surface area contributed by atoms with Crippen molar-refractivity contribution in [2.24, 2.45) is 0 Å². The molecule has 1 atom stereocenters. The van der Waals surface area contributed by atoms with Crippen molar-refractivity contribution in [1.29, 1.82) is 0 Å². The number of rotatable bonds is 4. The van der Waals surface area contributed by atoms with E-state index >= 15 is 0 Å². The second-order valence-corrected chi connectivity index (χ2v) is 6.20. The Bertz CT molecular complexity index is 464. The first-order chi connectivity index (χ1) is 7.34. The molecule has 0 aliphatic rings. The van der Waals surface area contributed by atoms with Gasteiger partial charge in [0.1, 0.15) is 10.7 Å². The van der Waals surface area contributed by atoms with E-state index in [2.05, 4.69) is 4.98 Å². The third-order valence-electron chi connectivity index (χ3n) is 1.90. The van der Waals surface area contributed by atoms with Gasteiger partial charge < -0.3 is 0 Å². The average Bonchev–Trinajstić information content (AvgIpc) is 2.16. The summed E-state index contributed by atoms with van der Waals surface area (Å²) in [7, 11) is -2.32. The second kappa shape index (κ2) is 5.07.